The third-order valence-electron chi connectivity index (χ3n) is 8.92. The SMILES string of the molecule is [2H]C([2H])(c1ccc(-c2ccccn2)cc1)N(C[C@H](O)[C@H](Cc1ccccc1)NC(=O)[C@@H](NC(=O)OCCOCCOCCOCCOCCOC)C(C([2H])([2H])[2H])(C([2H])([2H])[2H])C([2H])([2H])[2H])NC(=O)[C@@H](NC(=O)OC)C(C([2H])([2H])[2H])(C([2H])([2H])[2H])C([2H])([2H])[2H]. The van der Waals surface area contributed by atoms with Gasteiger partial charge in [-0.2, -0.15) is 0 Å². The van der Waals surface area contributed by atoms with Gasteiger partial charge < -0.3 is 54.2 Å². The first-order valence-corrected chi connectivity index (χ1v) is 20.5. The van der Waals surface area contributed by atoms with Gasteiger partial charge in [0, 0.05) is 56.6 Å². The second kappa shape index (κ2) is 29.4. The molecule has 0 unspecified atom stereocenters. The highest BCUT2D eigenvalue weighted by Gasteiger charge is 2.37. The number of amides is 4. The number of aliphatic hydroxyl groups is 1. The van der Waals surface area contributed by atoms with Crippen molar-refractivity contribution in [2.45, 2.75) is 78.3 Å². The maximum absolute atomic E-state index is 15.0. The van der Waals surface area contributed by atoms with Gasteiger partial charge in [0.25, 0.3) is 5.91 Å². The van der Waals surface area contributed by atoms with Gasteiger partial charge in [0.15, 0.2) is 0 Å². The Morgan fingerprint density at radius 2 is 1.21 bits per heavy atom. The van der Waals surface area contributed by atoms with Crippen molar-refractivity contribution in [1.82, 2.24) is 31.4 Å². The molecule has 0 fully saturated rings. The first kappa shape index (κ1) is 31.7. The van der Waals surface area contributed by atoms with Crippen molar-refractivity contribution < 1.29 is 84.9 Å². The highest BCUT2D eigenvalue weighted by Crippen LogP contribution is 2.23. The van der Waals surface area contributed by atoms with Crippen LogP contribution in [0.15, 0.2) is 79.0 Å². The largest absolute Gasteiger partial charge is 0.453 e. The summed E-state index contributed by atoms with van der Waals surface area (Å²) in [7, 11) is 2.24. The van der Waals surface area contributed by atoms with E-state index in [1.807, 2.05) is 5.43 Å². The third-order valence-corrected chi connectivity index (χ3v) is 8.92. The van der Waals surface area contributed by atoms with E-state index in [1.165, 1.54) is 49.7 Å². The first-order valence-electron chi connectivity index (χ1n) is 30.5. The molecule has 4 amide bonds. The van der Waals surface area contributed by atoms with Crippen molar-refractivity contribution in [2.75, 3.05) is 86.8 Å². The molecule has 2 aromatic carbocycles. The van der Waals surface area contributed by atoms with Crippen LogP contribution in [0.1, 0.15) is 79.7 Å². The quantitative estimate of drug-likeness (QED) is 0.0485. The lowest BCUT2D eigenvalue weighted by atomic mass is 9.85. The Morgan fingerprint density at radius 1 is 0.667 bits per heavy atom. The Bertz CT molecular complexity index is 2510. The molecule has 0 bridgehead atoms. The minimum atomic E-state index is -4.22. The first-order chi connectivity index (χ1) is 39.8. The molecule has 66 heavy (non-hydrogen) atoms. The number of aliphatic hydroxyl groups excluding tert-OH is 1. The van der Waals surface area contributed by atoms with E-state index in [2.05, 4.69) is 15.0 Å². The lowest BCUT2D eigenvalue weighted by Gasteiger charge is -2.35. The van der Waals surface area contributed by atoms with Gasteiger partial charge in [-0.1, -0.05) is 102 Å². The number of benzene rings is 2. The van der Waals surface area contributed by atoms with Gasteiger partial charge in [0.2, 0.25) is 5.91 Å². The number of hydrogen-bond acceptors (Lipinski definition) is 14. The van der Waals surface area contributed by atoms with Gasteiger partial charge in [-0.15, -0.1) is 0 Å². The Balaban J connectivity index is 2.18. The van der Waals surface area contributed by atoms with Crippen LogP contribution >= 0.6 is 0 Å². The predicted octanol–water partition coefficient (Wildman–Crippen LogP) is 4.29. The number of ether oxygens (including phenoxy) is 7. The molecule has 1 heterocycles. The molecule has 0 saturated carbocycles. The molecule has 18 nitrogen and oxygen atoms in total. The monoisotopic (exact) mass is 945 g/mol. The standard InChI is InChI=1S/C48H72N6O12/c1-47(2,3)41(52-46(59)66-31-30-65-29-28-64-27-26-63-25-24-62-23-22-60-7)43(56)50-39(32-35-14-10-9-11-15-35)40(55)34-54(53-44(57)42(48(4,5)6)51-45(58)61-8)33-36-17-19-37(20-18-36)38-16-12-13-21-49-38/h9-21,39-42,55H,22-34H2,1-8H3,(H,50,56)(H,51,58)(H,52,59)(H,53,57)/t39-,40-,41+,42+/m0/s1/i1D3,2D3,3D3,4D3,5D3,6D3,33D2. The number of rotatable bonds is 29. The number of aromatic nitrogens is 1. The molecule has 18 heteroatoms. The van der Waals surface area contributed by atoms with Crippen LogP contribution in [-0.4, -0.2) is 150 Å². The molecular formula is C48H72N6O12. The molecule has 366 valence electrons. The van der Waals surface area contributed by atoms with E-state index in [-0.39, 0.29) is 43.6 Å². The zero-order valence-corrected chi connectivity index (χ0v) is 36.6. The summed E-state index contributed by atoms with van der Waals surface area (Å²) in [6.07, 6.45) is -5.01. The van der Waals surface area contributed by atoms with Gasteiger partial charge >= 0.3 is 12.2 Å². The average molecular weight is 945 g/mol. The maximum Gasteiger partial charge on any atom is 0.407 e. The Labute approximate surface area is 417 Å². The van der Waals surface area contributed by atoms with Crippen LogP contribution < -0.4 is 21.4 Å². The number of nitrogens with zero attached hydrogens (tertiary/aromatic N) is 2. The second-order valence-corrected chi connectivity index (χ2v) is 14.2. The summed E-state index contributed by atoms with van der Waals surface area (Å²) in [5, 5.41) is 18.3. The van der Waals surface area contributed by atoms with Crippen molar-refractivity contribution in [3.63, 3.8) is 0 Å². The number of pyridine rings is 1. The van der Waals surface area contributed by atoms with Crippen molar-refractivity contribution in [3.8, 4) is 11.3 Å². The molecular weight excluding hydrogens is 853 g/mol. The van der Waals surface area contributed by atoms with E-state index in [0.717, 1.165) is 12.1 Å². The normalized spacial score (nSPS) is 19.4. The highest BCUT2D eigenvalue weighted by molar-refractivity contribution is 5.87. The van der Waals surface area contributed by atoms with E-state index in [9.17, 15) is 27.0 Å². The third kappa shape index (κ3) is 21.4. The van der Waals surface area contributed by atoms with Gasteiger partial charge in [-0.05, 0) is 40.5 Å². The van der Waals surface area contributed by atoms with Crippen molar-refractivity contribution in [3.05, 3.63) is 90.1 Å². The number of hydrogen-bond donors (Lipinski definition) is 5. The van der Waals surface area contributed by atoms with E-state index in [0.29, 0.717) is 44.8 Å². The fourth-order valence-electron chi connectivity index (χ4n) is 5.63. The van der Waals surface area contributed by atoms with Gasteiger partial charge in [-0.25, -0.2) is 14.6 Å². The second-order valence-electron chi connectivity index (χ2n) is 14.2. The number of carbonyl (C=O) groups excluding carboxylic acids is 4. The maximum atomic E-state index is 15.0. The summed E-state index contributed by atoms with van der Waals surface area (Å²) in [5.41, 5.74) is -5.89. The molecule has 0 aliphatic heterocycles. The zero-order valence-electron chi connectivity index (χ0n) is 56.6. The Morgan fingerprint density at radius 3 is 1.76 bits per heavy atom. The summed E-state index contributed by atoms with van der Waals surface area (Å²) in [4.78, 5) is 60.5. The molecule has 0 aliphatic carbocycles. The molecule has 0 radical (unpaired) electrons. The smallest absolute Gasteiger partial charge is 0.407 e. The summed E-state index contributed by atoms with van der Waals surface area (Å²) >= 11 is 0. The van der Waals surface area contributed by atoms with Crippen LogP contribution in [-0.2, 0) is 55.7 Å². The van der Waals surface area contributed by atoms with Gasteiger partial charge in [0.1, 0.15) is 18.7 Å². The minimum Gasteiger partial charge on any atom is -0.453 e. The van der Waals surface area contributed by atoms with E-state index >= 15 is 0 Å². The number of hydrazine groups is 1. The molecule has 3 aromatic rings. The molecule has 0 aliphatic rings. The summed E-state index contributed by atoms with van der Waals surface area (Å²) in [5.74, 6) is -3.94. The number of nitrogens with one attached hydrogen (secondary N) is 4. The van der Waals surface area contributed by atoms with Crippen LogP contribution in [0.3, 0.4) is 0 Å². The lowest BCUT2D eigenvalue weighted by molar-refractivity contribution is -0.132. The average Bonchev–Trinajstić information content (AvgIpc) is 0.724. The van der Waals surface area contributed by atoms with Crippen molar-refractivity contribution in [2.24, 2.45) is 10.8 Å². The van der Waals surface area contributed by atoms with E-state index < -0.39 is 132 Å². The van der Waals surface area contributed by atoms with Crippen LogP contribution in [0.2, 0.25) is 0 Å². The van der Waals surface area contributed by atoms with Gasteiger partial charge in [0.05, 0.1) is 87.2 Å². The molecule has 4 atom stereocenters. The topological polar surface area (TPSA) is 217 Å². The van der Waals surface area contributed by atoms with Gasteiger partial charge in [-0.3, -0.25) is 20.0 Å². The highest BCUT2D eigenvalue weighted by atomic mass is 16.6. The van der Waals surface area contributed by atoms with Crippen molar-refractivity contribution in [1.29, 1.82) is 0 Å². The minimum absolute atomic E-state index is 0.0403. The van der Waals surface area contributed by atoms with E-state index in [1.54, 1.807) is 34.9 Å². The lowest BCUT2D eigenvalue weighted by Crippen LogP contribution is -2.61. The Kier molecular flexibility index (Phi) is 14.1. The van der Waals surface area contributed by atoms with Crippen LogP contribution in [0.5, 0.6) is 0 Å². The van der Waals surface area contributed by atoms with Crippen LogP contribution in [0.4, 0.5) is 9.59 Å². The molecule has 0 spiro atoms. The van der Waals surface area contributed by atoms with Crippen LogP contribution in [0.25, 0.3) is 11.3 Å². The summed E-state index contributed by atoms with van der Waals surface area (Å²) in [6.45, 7) is -28.9. The van der Waals surface area contributed by atoms with E-state index in [4.69, 9.17) is 53.1 Å². The number of methoxy groups -OCH3 is 2. The number of alkyl carbamates (subject to hydrolysis) is 2. The zero-order chi connectivity index (χ0) is 65.2. The summed E-state index contributed by atoms with van der Waals surface area (Å²) < 4.78 is 205. The summed E-state index contributed by atoms with van der Waals surface area (Å²) in [6, 6.07) is 8.91. The fraction of sp³-hybridized carbons (Fsp3) is 0.562. The van der Waals surface area contributed by atoms with Crippen LogP contribution in [0, 0.1) is 10.8 Å². The fourth-order valence-corrected chi connectivity index (χ4v) is 5.63. The predicted molar refractivity (Wildman–Crippen MR) is 248 cm³/mol. The molecule has 1 aromatic heterocycles. The van der Waals surface area contributed by atoms with Crippen molar-refractivity contribution >= 4 is 24.0 Å². The molecule has 0 saturated heterocycles. The molecule has 3 rings (SSSR count). The molecule has 5 N–H and O–H groups in total. The number of carbonyl (C=O) groups is 4. The Hall–Kier alpha value is -5.21.